The van der Waals surface area contributed by atoms with Crippen molar-refractivity contribution >= 4 is 20.1 Å². The standard InChI is InChI=1S/C33H52O5Si/c1-7-8-12-19-27(37-25-26-17-13-11-14-18-26)22-23-29-28(20-15-9-10-16-21-32(35)36)30(34)24-31(29)38-39(5,6)33(2,3)4/h9,11,13-15,17-18,22-23,27-29,31H,7-8,10,12,16,19-21,24-25H2,1-6H3,(H,35,36)/b15-9-,23-22+/t27?,28-,29-,31-/m1/s1. The number of benzene rings is 1. The molecule has 0 amide bonds. The molecule has 1 aliphatic carbocycles. The van der Waals surface area contributed by atoms with Crippen molar-refractivity contribution in [3.05, 3.63) is 60.2 Å². The number of ketones is 1. The zero-order valence-electron chi connectivity index (χ0n) is 25.2. The van der Waals surface area contributed by atoms with E-state index in [0.717, 1.165) is 24.8 Å². The lowest BCUT2D eigenvalue weighted by Gasteiger charge is -2.39. The highest BCUT2D eigenvalue weighted by Gasteiger charge is 2.46. The first-order valence-corrected chi connectivity index (χ1v) is 17.8. The molecule has 6 heteroatoms. The van der Waals surface area contributed by atoms with Crippen molar-refractivity contribution in [1.82, 2.24) is 0 Å². The third-order valence-electron chi connectivity index (χ3n) is 8.23. The Kier molecular flexibility index (Phi) is 13.9. The maximum Gasteiger partial charge on any atom is 0.303 e. The van der Waals surface area contributed by atoms with E-state index in [9.17, 15) is 9.59 Å². The first-order chi connectivity index (χ1) is 18.4. The minimum Gasteiger partial charge on any atom is -0.481 e. The molecular weight excluding hydrogens is 504 g/mol. The summed E-state index contributed by atoms with van der Waals surface area (Å²) in [6.45, 7) is 14.0. The van der Waals surface area contributed by atoms with Crippen LogP contribution < -0.4 is 0 Å². The lowest BCUT2D eigenvalue weighted by molar-refractivity contribution is -0.137. The maximum atomic E-state index is 13.3. The van der Waals surface area contributed by atoms with E-state index in [4.69, 9.17) is 14.3 Å². The Bertz CT molecular complexity index is 931. The molecule has 0 heterocycles. The van der Waals surface area contributed by atoms with Gasteiger partial charge in [-0.3, -0.25) is 9.59 Å². The topological polar surface area (TPSA) is 72.8 Å². The van der Waals surface area contributed by atoms with Crippen molar-refractivity contribution in [2.45, 2.75) is 122 Å². The van der Waals surface area contributed by atoms with Crippen molar-refractivity contribution in [3.8, 4) is 0 Å². The molecule has 0 bridgehead atoms. The number of allylic oxidation sites excluding steroid dienone is 2. The van der Waals surface area contributed by atoms with Gasteiger partial charge < -0.3 is 14.3 Å². The summed E-state index contributed by atoms with van der Waals surface area (Å²) in [5.74, 6) is -0.633. The predicted octanol–water partition coefficient (Wildman–Crippen LogP) is 8.51. The van der Waals surface area contributed by atoms with E-state index in [2.05, 4.69) is 71.1 Å². The fourth-order valence-electron chi connectivity index (χ4n) is 4.77. The Labute approximate surface area is 238 Å². The molecule has 0 aliphatic heterocycles. The molecule has 1 aliphatic rings. The first kappa shape index (κ1) is 33.2. The van der Waals surface area contributed by atoms with Crippen LogP contribution in [0, 0.1) is 11.8 Å². The molecule has 4 atom stereocenters. The van der Waals surface area contributed by atoms with Gasteiger partial charge in [-0.1, -0.05) is 102 Å². The molecule has 0 radical (unpaired) electrons. The van der Waals surface area contributed by atoms with Gasteiger partial charge in [0, 0.05) is 24.7 Å². The Morgan fingerprint density at radius 2 is 1.85 bits per heavy atom. The number of carboxylic acid groups (broad SMARTS) is 1. The molecule has 5 nitrogen and oxygen atoms in total. The van der Waals surface area contributed by atoms with Gasteiger partial charge in [0.25, 0.3) is 0 Å². The summed E-state index contributed by atoms with van der Waals surface area (Å²) in [7, 11) is -2.06. The highest BCUT2D eigenvalue weighted by molar-refractivity contribution is 6.74. The summed E-state index contributed by atoms with van der Waals surface area (Å²) in [6, 6.07) is 10.3. The molecular formula is C33H52O5Si. The van der Waals surface area contributed by atoms with Crippen LogP contribution in [0.15, 0.2) is 54.6 Å². The van der Waals surface area contributed by atoms with Gasteiger partial charge in [0.2, 0.25) is 0 Å². The number of rotatable bonds is 17. The molecule has 39 heavy (non-hydrogen) atoms. The fourth-order valence-corrected chi connectivity index (χ4v) is 6.12. The van der Waals surface area contributed by atoms with Crippen LogP contribution in [0.1, 0.15) is 91.0 Å². The molecule has 218 valence electrons. The third-order valence-corrected chi connectivity index (χ3v) is 12.7. The summed E-state index contributed by atoms with van der Waals surface area (Å²) in [5, 5.41) is 8.93. The van der Waals surface area contributed by atoms with Crippen molar-refractivity contribution in [2.24, 2.45) is 11.8 Å². The van der Waals surface area contributed by atoms with Crippen LogP contribution in [0.5, 0.6) is 0 Å². The van der Waals surface area contributed by atoms with Gasteiger partial charge in [0.15, 0.2) is 8.32 Å². The van der Waals surface area contributed by atoms with Crippen molar-refractivity contribution < 1.29 is 23.9 Å². The van der Waals surface area contributed by atoms with Crippen LogP contribution in [0.2, 0.25) is 18.1 Å². The van der Waals surface area contributed by atoms with E-state index in [0.29, 0.717) is 32.3 Å². The van der Waals surface area contributed by atoms with Crippen LogP contribution in [0.4, 0.5) is 0 Å². The molecule has 1 aromatic carbocycles. The van der Waals surface area contributed by atoms with Crippen molar-refractivity contribution in [1.29, 1.82) is 0 Å². The smallest absolute Gasteiger partial charge is 0.303 e. The molecule has 1 unspecified atom stereocenters. The van der Waals surface area contributed by atoms with Crippen molar-refractivity contribution in [2.75, 3.05) is 0 Å². The van der Waals surface area contributed by atoms with Crippen LogP contribution in [0.25, 0.3) is 0 Å². The number of carbonyl (C=O) groups excluding carboxylic acids is 1. The van der Waals surface area contributed by atoms with Gasteiger partial charge in [-0.2, -0.15) is 0 Å². The van der Waals surface area contributed by atoms with E-state index < -0.39 is 14.3 Å². The van der Waals surface area contributed by atoms with E-state index >= 15 is 0 Å². The fraction of sp³-hybridized carbons (Fsp3) is 0.636. The number of Topliss-reactive ketones (excluding diaryl/α,β-unsaturated/α-hetero) is 1. The third kappa shape index (κ3) is 11.5. The molecule has 0 saturated heterocycles. The largest absolute Gasteiger partial charge is 0.481 e. The van der Waals surface area contributed by atoms with E-state index in [1.807, 2.05) is 24.3 Å². The van der Waals surface area contributed by atoms with Crippen molar-refractivity contribution in [3.63, 3.8) is 0 Å². The van der Waals surface area contributed by atoms with E-state index in [1.165, 1.54) is 6.42 Å². The van der Waals surface area contributed by atoms with Gasteiger partial charge in [-0.25, -0.2) is 0 Å². The summed E-state index contributed by atoms with van der Waals surface area (Å²) in [6.07, 6.45) is 15.4. The number of hydrogen-bond acceptors (Lipinski definition) is 4. The molecule has 2 rings (SSSR count). The number of carbonyl (C=O) groups is 2. The summed E-state index contributed by atoms with van der Waals surface area (Å²) < 4.78 is 13.2. The Morgan fingerprint density at radius 3 is 2.49 bits per heavy atom. The Balaban J connectivity index is 2.21. The highest BCUT2D eigenvalue weighted by atomic mass is 28.4. The lowest BCUT2D eigenvalue weighted by atomic mass is 9.90. The molecule has 1 aromatic rings. The number of carboxylic acids is 1. The van der Waals surface area contributed by atoms with Gasteiger partial charge in [0.1, 0.15) is 5.78 Å². The van der Waals surface area contributed by atoms with Crippen LogP contribution in [-0.2, 0) is 25.4 Å². The van der Waals surface area contributed by atoms with Gasteiger partial charge in [-0.05, 0) is 49.4 Å². The van der Waals surface area contributed by atoms with Crippen LogP contribution >= 0.6 is 0 Å². The number of unbranched alkanes of at least 4 members (excludes halogenated alkanes) is 3. The minimum atomic E-state index is -2.06. The van der Waals surface area contributed by atoms with Gasteiger partial charge >= 0.3 is 5.97 Å². The maximum absolute atomic E-state index is 13.3. The number of aliphatic carboxylic acids is 1. The second-order valence-corrected chi connectivity index (χ2v) is 17.2. The van der Waals surface area contributed by atoms with Crippen LogP contribution in [-0.4, -0.2) is 37.4 Å². The number of ether oxygens (including phenoxy) is 1. The normalized spacial score (nSPS) is 21.3. The molecule has 1 N–H and O–H groups in total. The van der Waals surface area contributed by atoms with Crippen LogP contribution in [0.3, 0.4) is 0 Å². The molecule has 0 spiro atoms. The SMILES string of the molecule is CCCCCC(/C=C/[C@H]1[C@H](O[Si](C)(C)C(C)(C)C)CC(=O)[C@@H]1C/C=C\CCCC(=O)O)OCc1ccccc1. The highest BCUT2D eigenvalue weighted by Crippen LogP contribution is 2.43. The minimum absolute atomic E-state index is 0.00398. The second-order valence-electron chi connectivity index (χ2n) is 12.5. The number of hydrogen-bond donors (Lipinski definition) is 1. The van der Waals surface area contributed by atoms with Gasteiger partial charge in [-0.15, -0.1) is 0 Å². The van der Waals surface area contributed by atoms with E-state index in [-0.39, 0.29) is 41.3 Å². The molecule has 1 saturated carbocycles. The second kappa shape index (κ2) is 16.3. The summed E-state index contributed by atoms with van der Waals surface area (Å²) in [5.41, 5.74) is 1.16. The summed E-state index contributed by atoms with van der Waals surface area (Å²) in [4.78, 5) is 24.1. The zero-order chi connectivity index (χ0) is 28.9. The zero-order valence-corrected chi connectivity index (χ0v) is 26.2. The predicted molar refractivity (Wildman–Crippen MR) is 162 cm³/mol. The Hall–Kier alpha value is -2.02. The average Bonchev–Trinajstić information content (AvgIpc) is 3.15. The quantitative estimate of drug-likeness (QED) is 0.118. The van der Waals surface area contributed by atoms with Gasteiger partial charge in [0.05, 0.1) is 18.8 Å². The monoisotopic (exact) mass is 556 g/mol. The summed E-state index contributed by atoms with van der Waals surface area (Å²) >= 11 is 0. The lowest BCUT2D eigenvalue weighted by Crippen LogP contribution is -2.45. The molecule has 1 fully saturated rings. The first-order valence-electron chi connectivity index (χ1n) is 14.9. The van der Waals surface area contributed by atoms with E-state index in [1.54, 1.807) is 0 Å². The average molecular weight is 557 g/mol. The Morgan fingerprint density at radius 1 is 1.13 bits per heavy atom. The molecule has 0 aromatic heterocycles.